The van der Waals surface area contributed by atoms with Gasteiger partial charge in [0.2, 0.25) is 11.8 Å². The number of nitrogens with one attached hydrogen (secondary N) is 1. The van der Waals surface area contributed by atoms with Crippen LogP contribution in [0.3, 0.4) is 0 Å². The molecule has 0 bridgehead atoms. The third-order valence-corrected chi connectivity index (χ3v) is 6.77. The first kappa shape index (κ1) is 22.1. The zero-order valence-corrected chi connectivity index (χ0v) is 18.8. The van der Waals surface area contributed by atoms with Gasteiger partial charge in [0.1, 0.15) is 11.9 Å². The van der Waals surface area contributed by atoms with E-state index in [0.29, 0.717) is 43.0 Å². The fraction of sp³-hybridized carbons (Fsp3) is 0.360. The van der Waals surface area contributed by atoms with Crippen molar-refractivity contribution in [1.29, 1.82) is 0 Å². The standard InChI is InChI=1S/C25H25FN4O4/c1-15-3-2-4-16(11-15)24(33)29-9-7-28(8-10-29)21-13-17(26)12-18-19(21)14-30(25(18)34)20-5-6-22(31)27-23(20)32/h2-4,11-13,20H,5-10,14H2,1H3,(H,27,31,32). The summed E-state index contributed by atoms with van der Waals surface area (Å²) in [5.41, 5.74) is 3.20. The van der Waals surface area contributed by atoms with E-state index in [9.17, 15) is 23.6 Å². The van der Waals surface area contributed by atoms with Gasteiger partial charge < -0.3 is 14.7 Å². The molecular formula is C25H25FN4O4. The predicted molar refractivity (Wildman–Crippen MR) is 122 cm³/mol. The number of imide groups is 1. The Kier molecular flexibility index (Phi) is 5.55. The molecule has 2 fully saturated rings. The SMILES string of the molecule is Cc1cccc(C(=O)N2CCN(c3cc(F)cc4c3CN(C3CCC(=O)NC3=O)C4=O)CC2)c1. The quantitative estimate of drug-likeness (QED) is 0.701. The van der Waals surface area contributed by atoms with E-state index in [4.69, 9.17) is 0 Å². The lowest BCUT2D eigenvalue weighted by Crippen LogP contribution is -2.52. The summed E-state index contributed by atoms with van der Waals surface area (Å²) < 4.78 is 14.5. The van der Waals surface area contributed by atoms with Crippen LogP contribution in [0.15, 0.2) is 36.4 Å². The lowest BCUT2D eigenvalue weighted by molar-refractivity contribution is -0.136. The molecule has 0 radical (unpaired) electrons. The number of halogens is 1. The van der Waals surface area contributed by atoms with Crippen molar-refractivity contribution in [2.45, 2.75) is 32.4 Å². The van der Waals surface area contributed by atoms with E-state index in [1.54, 1.807) is 11.0 Å². The van der Waals surface area contributed by atoms with Crippen LogP contribution in [-0.4, -0.2) is 65.6 Å². The summed E-state index contributed by atoms with van der Waals surface area (Å²) in [6, 6.07) is 9.35. The highest BCUT2D eigenvalue weighted by Gasteiger charge is 2.41. The van der Waals surface area contributed by atoms with Gasteiger partial charge in [0.25, 0.3) is 11.8 Å². The highest BCUT2D eigenvalue weighted by atomic mass is 19.1. The molecule has 0 saturated carbocycles. The average molecular weight is 464 g/mol. The number of hydrogen-bond acceptors (Lipinski definition) is 5. The molecule has 9 heteroatoms. The fourth-order valence-corrected chi connectivity index (χ4v) is 5.00. The number of fused-ring (bicyclic) bond motifs is 1. The van der Waals surface area contributed by atoms with E-state index < -0.39 is 23.7 Å². The van der Waals surface area contributed by atoms with Gasteiger partial charge in [-0.2, -0.15) is 0 Å². The zero-order chi connectivity index (χ0) is 24.0. The zero-order valence-electron chi connectivity index (χ0n) is 18.8. The van der Waals surface area contributed by atoms with Crippen molar-refractivity contribution >= 4 is 29.3 Å². The highest BCUT2D eigenvalue weighted by molar-refractivity contribution is 6.06. The molecule has 3 aliphatic rings. The molecule has 0 spiro atoms. The molecule has 1 unspecified atom stereocenters. The minimum absolute atomic E-state index is 0.0352. The molecule has 2 saturated heterocycles. The lowest BCUT2D eigenvalue weighted by atomic mass is 10.0. The van der Waals surface area contributed by atoms with Gasteiger partial charge in [0.05, 0.1) is 0 Å². The van der Waals surface area contributed by atoms with Gasteiger partial charge in [-0.05, 0) is 37.6 Å². The summed E-state index contributed by atoms with van der Waals surface area (Å²) in [5, 5.41) is 2.28. The number of hydrogen-bond donors (Lipinski definition) is 1. The maximum Gasteiger partial charge on any atom is 0.255 e. The number of benzene rings is 2. The third kappa shape index (κ3) is 3.91. The smallest absolute Gasteiger partial charge is 0.255 e. The van der Waals surface area contributed by atoms with Gasteiger partial charge >= 0.3 is 0 Å². The normalized spacial score (nSPS) is 20.5. The first-order valence-electron chi connectivity index (χ1n) is 11.4. The van der Waals surface area contributed by atoms with Gasteiger partial charge in [-0.1, -0.05) is 17.7 Å². The lowest BCUT2D eigenvalue weighted by Gasteiger charge is -2.37. The Morgan fingerprint density at radius 2 is 1.82 bits per heavy atom. The molecule has 4 amide bonds. The summed E-state index contributed by atoms with van der Waals surface area (Å²) in [6.45, 7) is 4.07. The number of rotatable bonds is 3. The molecule has 2 aromatic rings. The highest BCUT2D eigenvalue weighted by Crippen LogP contribution is 2.35. The minimum Gasteiger partial charge on any atom is -0.368 e. The predicted octanol–water partition coefficient (Wildman–Crippen LogP) is 1.86. The number of nitrogens with zero attached hydrogens (tertiary/aromatic N) is 3. The van der Waals surface area contributed by atoms with Crippen LogP contribution < -0.4 is 10.2 Å². The number of carbonyl (C=O) groups excluding carboxylic acids is 4. The molecule has 0 aromatic heterocycles. The first-order chi connectivity index (χ1) is 16.3. The van der Waals surface area contributed by atoms with Crippen LogP contribution in [-0.2, 0) is 16.1 Å². The number of aryl methyl sites for hydroxylation is 1. The Morgan fingerprint density at radius 3 is 2.53 bits per heavy atom. The van der Waals surface area contributed by atoms with Gasteiger partial charge in [0, 0.05) is 61.5 Å². The monoisotopic (exact) mass is 464 g/mol. The largest absolute Gasteiger partial charge is 0.368 e. The van der Waals surface area contributed by atoms with Crippen LogP contribution in [0.2, 0.25) is 0 Å². The maximum absolute atomic E-state index is 14.5. The molecule has 1 atom stereocenters. The van der Waals surface area contributed by atoms with Gasteiger partial charge in [-0.25, -0.2) is 4.39 Å². The van der Waals surface area contributed by atoms with E-state index >= 15 is 0 Å². The number of piperazine rings is 1. The van der Waals surface area contributed by atoms with Crippen LogP contribution in [0.25, 0.3) is 0 Å². The summed E-state index contributed by atoms with van der Waals surface area (Å²) in [7, 11) is 0. The summed E-state index contributed by atoms with van der Waals surface area (Å²) in [4.78, 5) is 55.0. The van der Waals surface area contributed by atoms with Crippen molar-refractivity contribution in [3.63, 3.8) is 0 Å². The van der Waals surface area contributed by atoms with Crippen LogP contribution in [0.4, 0.5) is 10.1 Å². The van der Waals surface area contributed by atoms with Crippen LogP contribution in [0.1, 0.15) is 44.7 Å². The Balaban J connectivity index is 1.34. The molecule has 1 N–H and O–H groups in total. The fourth-order valence-electron chi connectivity index (χ4n) is 5.00. The number of carbonyl (C=O) groups is 4. The molecule has 2 aromatic carbocycles. The van der Waals surface area contributed by atoms with Gasteiger partial charge in [-0.15, -0.1) is 0 Å². The third-order valence-electron chi connectivity index (χ3n) is 6.77. The van der Waals surface area contributed by atoms with Gasteiger partial charge in [0.15, 0.2) is 0 Å². The summed E-state index contributed by atoms with van der Waals surface area (Å²) in [5.74, 6) is -1.81. The molecule has 5 rings (SSSR count). The van der Waals surface area contributed by atoms with Gasteiger partial charge in [-0.3, -0.25) is 24.5 Å². The van der Waals surface area contributed by atoms with E-state index in [2.05, 4.69) is 5.32 Å². The Hall–Kier alpha value is -3.75. The van der Waals surface area contributed by atoms with Crippen molar-refractivity contribution in [3.8, 4) is 0 Å². The second kappa shape index (κ2) is 8.55. The average Bonchev–Trinajstić information content (AvgIpc) is 3.14. The van der Waals surface area contributed by atoms with Crippen molar-refractivity contribution in [1.82, 2.24) is 15.1 Å². The van der Waals surface area contributed by atoms with Crippen molar-refractivity contribution < 1.29 is 23.6 Å². The Morgan fingerprint density at radius 1 is 1.06 bits per heavy atom. The minimum atomic E-state index is -0.752. The molecular weight excluding hydrogens is 439 g/mol. The van der Waals surface area contributed by atoms with E-state index in [-0.39, 0.29) is 36.8 Å². The molecule has 3 aliphatic heterocycles. The second-order valence-corrected chi connectivity index (χ2v) is 9.00. The molecule has 3 heterocycles. The van der Waals surface area contributed by atoms with E-state index in [1.165, 1.54) is 17.0 Å². The molecule has 34 heavy (non-hydrogen) atoms. The molecule has 176 valence electrons. The topological polar surface area (TPSA) is 90.0 Å². The summed E-state index contributed by atoms with van der Waals surface area (Å²) in [6.07, 6.45) is 0.413. The van der Waals surface area contributed by atoms with Crippen molar-refractivity contribution in [3.05, 3.63) is 64.5 Å². The van der Waals surface area contributed by atoms with Crippen LogP contribution in [0, 0.1) is 12.7 Å². The number of piperidine rings is 1. The maximum atomic E-state index is 14.5. The van der Waals surface area contributed by atoms with Crippen molar-refractivity contribution in [2.75, 3.05) is 31.1 Å². The van der Waals surface area contributed by atoms with Crippen molar-refractivity contribution in [2.24, 2.45) is 0 Å². The number of amides is 4. The van der Waals surface area contributed by atoms with E-state index in [1.807, 2.05) is 30.0 Å². The number of anilines is 1. The molecule has 8 nitrogen and oxygen atoms in total. The first-order valence-corrected chi connectivity index (χ1v) is 11.4. The Bertz CT molecular complexity index is 1210. The Labute approximate surface area is 196 Å². The summed E-state index contributed by atoms with van der Waals surface area (Å²) >= 11 is 0. The second-order valence-electron chi connectivity index (χ2n) is 9.00. The van der Waals surface area contributed by atoms with Crippen LogP contribution in [0.5, 0.6) is 0 Å². The van der Waals surface area contributed by atoms with Crippen LogP contribution >= 0.6 is 0 Å². The van der Waals surface area contributed by atoms with E-state index in [0.717, 1.165) is 5.56 Å². The molecule has 0 aliphatic carbocycles.